The van der Waals surface area contributed by atoms with Gasteiger partial charge < -0.3 is 0 Å². The third-order valence-electron chi connectivity index (χ3n) is 2.33. The van der Waals surface area contributed by atoms with Gasteiger partial charge in [0.1, 0.15) is 5.41 Å². The van der Waals surface area contributed by atoms with Crippen LogP contribution < -0.4 is 5.32 Å². The predicted molar refractivity (Wildman–Crippen MR) is 57.4 cm³/mol. The maximum Gasteiger partial charge on any atom is 0.330 e. The number of amides is 4. The van der Waals surface area contributed by atoms with E-state index in [0.29, 0.717) is 12.3 Å². The van der Waals surface area contributed by atoms with E-state index in [1.54, 1.807) is 11.8 Å². The molecular formula is C9H14N2O3S. The molecule has 1 saturated heterocycles. The topological polar surface area (TPSA) is 66.5 Å². The van der Waals surface area contributed by atoms with Gasteiger partial charge in [-0.25, -0.2) is 4.79 Å². The van der Waals surface area contributed by atoms with Crippen molar-refractivity contribution in [1.29, 1.82) is 0 Å². The Hall–Kier alpha value is -1.04. The van der Waals surface area contributed by atoms with Gasteiger partial charge in [-0.3, -0.25) is 19.8 Å². The number of nitrogens with one attached hydrogen (secondary N) is 1. The van der Waals surface area contributed by atoms with Gasteiger partial charge in [0.2, 0.25) is 11.8 Å². The average molecular weight is 230 g/mol. The molecule has 0 radical (unpaired) electrons. The molecule has 84 valence electrons. The third-order valence-corrected chi connectivity index (χ3v) is 2.92. The highest BCUT2D eigenvalue weighted by molar-refractivity contribution is 7.98. The minimum atomic E-state index is -1.15. The number of imide groups is 2. The molecule has 1 aliphatic heterocycles. The second-order valence-corrected chi connectivity index (χ2v) is 4.82. The Morgan fingerprint density at radius 3 is 2.47 bits per heavy atom. The highest BCUT2D eigenvalue weighted by Gasteiger charge is 2.46. The minimum absolute atomic E-state index is 0.336. The van der Waals surface area contributed by atoms with E-state index in [2.05, 4.69) is 5.32 Å². The van der Waals surface area contributed by atoms with Crippen molar-refractivity contribution in [3.8, 4) is 0 Å². The monoisotopic (exact) mass is 230 g/mol. The van der Waals surface area contributed by atoms with Gasteiger partial charge in [-0.05, 0) is 20.1 Å². The summed E-state index contributed by atoms with van der Waals surface area (Å²) in [6.45, 7) is 3.37. The number of hydrogen-bond acceptors (Lipinski definition) is 4. The fourth-order valence-electron chi connectivity index (χ4n) is 1.23. The Balaban J connectivity index is 2.84. The Bertz CT molecular complexity index is 314. The maximum absolute atomic E-state index is 11.8. The van der Waals surface area contributed by atoms with Crippen molar-refractivity contribution in [1.82, 2.24) is 10.2 Å². The summed E-state index contributed by atoms with van der Waals surface area (Å²) in [6.07, 6.45) is 1.89. The number of urea groups is 1. The summed E-state index contributed by atoms with van der Waals surface area (Å²) in [6, 6.07) is -0.613. The number of carbonyl (C=O) groups excluding carboxylic acids is 3. The number of barbiturate groups is 1. The summed E-state index contributed by atoms with van der Waals surface area (Å²) < 4.78 is 0. The van der Waals surface area contributed by atoms with Crippen molar-refractivity contribution in [3.63, 3.8) is 0 Å². The van der Waals surface area contributed by atoms with Crippen LogP contribution in [0.3, 0.4) is 0 Å². The van der Waals surface area contributed by atoms with Gasteiger partial charge in [0.25, 0.3) is 0 Å². The normalized spacial score (nSPS) is 20.5. The van der Waals surface area contributed by atoms with Crippen LogP contribution in [0.4, 0.5) is 4.79 Å². The van der Waals surface area contributed by atoms with Crippen LogP contribution in [0.15, 0.2) is 0 Å². The van der Waals surface area contributed by atoms with Crippen molar-refractivity contribution in [3.05, 3.63) is 0 Å². The standard InChI is InChI=1S/C9H14N2O3S/c1-9(2)6(12)10-8(14)11(7(9)13)4-5-15-3/h4-5H2,1-3H3,(H,10,12,14). The average Bonchev–Trinajstić information content (AvgIpc) is 2.16. The van der Waals surface area contributed by atoms with Crippen molar-refractivity contribution in [2.75, 3.05) is 18.6 Å². The first kappa shape index (κ1) is 12.0. The van der Waals surface area contributed by atoms with Crippen LogP contribution in [0.5, 0.6) is 0 Å². The van der Waals surface area contributed by atoms with Crippen molar-refractivity contribution < 1.29 is 14.4 Å². The SMILES string of the molecule is CSCCN1C(=O)NC(=O)C(C)(C)C1=O. The molecule has 0 atom stereocenters. The van der Waals surface area contributed by atoms with E-state index < -0.39 is 23.3 Å². The van der Waals surface area contributed by atoms with Crippen molar-refractivity contribution in [2.45, 2.75) is 13.8 Å². The summed E-state index contributed by atoms with van der Waals surface area (Å²) in [5.41, 5.74) is -1.15. The largest absolute Gasteiger partial charge is 0.330 e. The lowest BCUT2D eigenvalue weighted by Crippen LogP contribution is -2.62. The van der Waals surface area contributed by atoms with E-state index in [0.717, 1.165) is 4.90 Å². The molecule has 1 heterocycles. The van der Waals surface area contributed by atoms with E-state index in [4.69, 9.17) is 0 Å². The smallest absolute Gasteiger partial charge is 0.277 e. The highest BCUT2D eigenvalue weighted by atomic mass is 32.2. The Labute approximate surface area is 92.6 Å². The van der Waals surface area contributed by atoms with Gasteiger partial charge in [-0.2, -0.15) is 11.8 Å². The fourth-order valence-corrected chi connectivity index (χ4v) is 1.60. The van der Waals surface area contributed by atoms with E-state index >= 15 is 0 Å². The number of nitrogens with zero attached hydrogens (tertiary/aromatic N) is 1. The van der Waals surface area contributed by atoms with Gasteiger partial charge in [-0.1, -0.05) is 0 Å². The summed E-state index contributed by atoms with van der Waals surface area (Å²) in [5, 5.41) is 2.18. The molecule has 0 saturated carbocycles. The molecule has 0 aliphatic carbocycles. The van der Waals surface area contributed by atoms with Crippen LogP contribution in [0.25, 0.3) is 0 Å². The summed E-state index contributed by atoms with van der Waals surface area (Å²) in [4.78, 5) is 35.6. The quantitative estimate of drug-likeness (QED) is 0.715. The molecule has 0 spiro atoms. The second-order valence-electron chi connectivity index (χ2n) is 3.83. The van der Waals surface area contributed by atoms with Crippen LogP contribution in [0, 0.1) is 5.41 Å². The summed E-state index contributed by atoms with van der Waals surface area (Å²) in [5.74, 6) is -0.285. The number of rotatable bonds is 3. The number of hydrogen-bond donors (Lipinski definition) is 1. The van der Waals surface area contributed by atoms with Gasteiger partial charge >= 0.3 is 6.03 Å². The molecule has 1 N–H and O–H groups in total. The van der Waals surface area contributed by atoms with Crippen LogP contribution in [0.1, 0.15) is 13.8 Å². The molecule has 0 aromatic heterocycles. The van der Waals surface area contributed by atoms with Gasteiger partial charge in [0.15, 0.2) is 0 Å². The van der Waals surface area contributed by atoms with Crippen LogP contribution >= 0.6 is 11.8 Å². The van der Waals surface area contributed by atoms with Gasteiger partial charge in [-0.15, -0.1) is 0 Å². The van der Waals surface area contributed by atoms with Crippen LogP contribution in [-0.2, 0) is 9.59 Å². The van der Waals surface area contributed by atoms with E-state index in [1.165, 1.54) is 13.8 Å². The van der Waals surface area contributed by atoms with Crippen molar-refractivity contribution in [2.24, 2.45) is 5.41 Å². The maximum atomic E-state index is 11.8. The first-order chi connectivity index (χ1) is 6.91. The first-order valence-electron chi connectivity index (χ1n) is 4.57. The molecule has 1 rings (SSSR count). The second kappa shape index (κ2) is 4.22. The molecule has 0 bridgehead atoms. The predicted octanol–water partition coefficient (Wildman–Crippen LogP) is 0.454. The molecule has 0 aromatic rings. The van der Waals surface area contributed by atoms with Crippen molar-refractivity contribution >= 4 is 29.6 Å². The Morgan fingerprint density at radius 2 is 1.93 bits per heavy atom. The molecule has 15 heavy (non-hydrogen) atoms. The lowest BCUT2D eigenvalue weighted by molar-refractivity contribution is -0.148. The number of carbonyl (C=O) groups is 3. The Kier molecular flexibility index (Phi) is 3.38. The first-order valence-corrected chi connectivity index (χ1v) is 5.97. The zero-order chi connectivity index (χ0) is 11.6. The molecule has 4 amide bonds. The molecule has 1 aliphatic rings. The third kappa shape index (κ3) is 2.14. The van der Waals surface area contributed by atoms with Crippen LogP contribution in [-0.4, -0.2) is 41.3 Å². The van der Waals surface area contributed by atoms with E-state index in [1.807, 2.05) is 6.26 Å². The van der Waals surface area contributed by atoms with E-state index in [9.17, 15) is 14.4 Å². The lowest BCUT2D eigenvalue weighted by Gasteiger charge is -2.34. The Morgan fingerprint density at radius 1 is 1.33 bits per heavy atom. The zero-order valence-corrected chi connectivity index (χ0v) is 9.81. The zero-order valence-electron chi connectivity index (χ0n) is 8.99. The van der Waals surface area contributed by atoms with E-state index in [-0.39, 0.29) is 0 Å². The summed E-state index contributed by atoms with van der Waals surface area (Å²) >= 11 is 1.54. The van der Waals surface area contributed by atoms with Gasteiger partial charge in [0, 0.05) is 12.3 Å². The molecule has 0 aromatic carbocycles. The summed E-state index contributed by atoms with van der Waals surface area (Å²) in [7, 11) is 0. The van der Waals surface area contributed by atoms with Crippen LogP contribution in [0.2, 0.25) is 0 Å². The minimum Gasteiger partial charge on any atom is -0.277 e. The molecule has 5 nitrogen and oxygen atoms in total. The van der Waals surface area contributed by atoms with Gasteiger partial charge in [0.05, 0.1) is 0 Å². The number of thioether (sulfide) groups is 1. The molecule has 0 unspecified atom stereocenters. The highest BCUT2D eigenvalue weighted by Crippen LogP contribution is 2.23. The molecular weight excluding hydrogens is 216 g/mol. The molecule has 6 heteroatoms. The fraction of sp³-hybridized carbons (Fsp3) is 0.667. The lowest BCUT2D eigenvalue weighted by atomic mass is 9.89. The molecule has 1 fully saturated rings.